The molecule has 0 aliphatic heterocycles. The summed E-state index contributed by atoms with van der Waals surface area (Å²) in [5, 5.41) is 2.83. The normalized spacial score (nSPS) is 10.1. The first-order valence-electron chi connectivity index (χ1n) is 6.45. The number of Topliss-reactive ketones (excluding diaryl/α,β-unsaturated/α-hetero) is 1. The zero-order valence-corrected chi connectivity index (χ0v) is 13.2. The second-order valence-electron chi connectivity index (χ2n) is 4.56. The van der Waals surface area contributed by atoms with Gasteiger partial charge in [-0.1, -0.05) is 53.5 Å². The number of hydrogen-bond donors (Lipinski definition) is 1. The number of anilines is 1. The molecule has 0 heterocycles. The van der Waals surface area contributed by atoms with Crippen LogP contribution in [0.1, 0.15) is 22.8 Å². The second kappa shape index (κ2) is 7.29. The van der Waals surface area contributed by atoms with Crippen molar-refractivity contribution < 1.29 is 14.3 Å². The average Bonchev–Trinajstić information content (AvgIpc) is 2.49. The van der Waals surface area contributed by atoms with Gasteiger partial charge in [0.05, 0.1) is 15.7 Å². The van der Waals surface area contributed by atoms with E-state index in [1.807, 2.05) is 30.3 Å². The molecule has 0 aliphatic carbocycles. The highest BCUT2D eigenvalue weighted by molar-refractivity contribution is 6.40. The summed E-state index contributed by atoms with van der Waals surface area (Å²) in [4.78, 5) is 23.1. The fraction of sp³-hybridized carbons (Fsp3) is 0.125. The molecule has 2 aromatic rings. The second-order valence-corrected chi connectivity index (χ2v) is 5.37. The van der Waals surface area contributed by atoms with Gasteiger partial charge in [0.25, 0.3) is 0 Å². The molecule has 0 radical (unpaired) electrons. The van der Waals surface area contributed by atoms with Crippen LogP contribution in [0.5, 0.6) is 0 Å². The maximum absolute atomic E-state index is 11.8. The Morgan fingerprint density at radius 3 is 2.23 bits per heavy atom. The lowest BCUT2D eigenvalue weighted by atomic mass is 10.1. The number of ether oxygens (including phenoxy) is 1. The average molecular weight is 338 g/mol. The Hall–Kier alpha value is -2.04. The highest BCUT2D eigenvalue weighted by atomic mass is 35.5. The van der Waals surface area contributed by atoms with E-state index in [0.29, 0.717) is 5.56 Å². The van der Waals surface area contributed by atoms with Gasteiger partial charge in [0.15, 0.2) is 5.78 Å². The van der Waals surface area contributed by atoms with E-state index in [4.69, 9.17) is 27.9 Å². The van der Waals surface area contributed by atoms with Crippen LogP contribution in [0.2, 0.25) is 10.0 Å². The Labute approximate surface area is 138 Å². The summed E-state index contributed by atoms with van der Waals surface area (Å²) in [6.45, 7) is 1.54. The maximum Gasteiger partial charge on any atom is 0.412 e. The van der Waals surface area contributed by atoms with Crippen LogP contribution in [0, 0.1) is 0 Å². The van der Waals surface area contributed by atoms with Crippen molar-refractivity contribution in [1.82, 2.24) is 0 Å². The Morgan fingerprint density at radius 2 is 1.68 bits per heavy atom. The number of ketones is 1. The summed E-state index contributed by atoms with van der Waals surface area (Å²) in [6.07, 6.45) is -0.678. The molecule has 22 heavy (non-hydrogen) atoms. The predicted molar refractivity (Wildman–Crippen MR) is 86.7 cm³/mol. The zero-order chi connectivity index (χ0) is 16.1. The fourth-order valence-electron chi connectivity index (χ4n) is 1.76. The van der Waals surface area contributed by atoms with Crippen molar-refractivity contribution in [3.05, 3.63) is 63.6 Å². The van der Waals surface area contributed by atoms with Gasteiger partial charge in [-0.25, -0.2) is 4.79 Å². The van der Waals surface area contributed by atoms with Crippen molar-refractivity contribution in [2.24, 2.45) is 0 Å². The summed E-state index contributed by atoms with van der Waals surface area (Å²) >= 11 is 12.1. The van der Waals surface area contributed by atoms with Crippen molar-refractivity contribution in [3.63, 3.8) is 0 Å². The molecule has 2 aromatic carbocycles. The molecule has 0 saturated heterocycles. The highest BCUT2D eigenvalue weighted by Crippen LogP contribution is 2.32. The van der Waals surface area contributed by atoms with Crippen molar-refractivity contribution in [3.8, 4) is 0 Å². The molecule has 0 aliphatic rings. The lowest BCUT2D eigenvalue weighted by Crippen LogP contribution is -2.14. The van der Waals surface area contributed by atoms with Crippen LogP contribution in [0.25, 0.3) is 0 Å². The van der Waals surface area contributed by atoms with Crippen LogP contribution in [-0.2, 0) is 11.3 Å². The number of nitrogens with one attached hydrogen (secondary N) is 1. The number of benzene rings is 2. The summed E-state index contributed by atoms with van der Waals surface area (Å²) in [7, 11) is 0. The maximum atomic E-state index is 11.8. The van der Waals surface area contributed by atoms with E-state index in [1.165, 1.54) is 19.1 Å². The number of carbonyl (C=O) groups excluding carboxylic acids is 2. The Morgan fingerprint density at radius 1 is 1.09 bits per heavy atom. The minimum atomic E-state index is -0.678. The summed E-state index contributed by atoms with van der Waals surface area (Å²) in [5.74, 6) is -0.165. The van der Waals surface area contributed by atoms with Crippen LogP contribution in [0.4, 0.5) is 10.5 Å². The molecular weight excluding hydrogens is 325 g/mol. The van der Waals surface area contributed by atoms with E-state index in [2.05, 4.69) is 5.32 Å². The lowest BCUT2D eigenvalue weighted by molar-refractivity contribution is 0.101. The van der Waals surface area contributed by atoms with Gasteiger partial charge in [0.2, 0.25) is 0 Å². The van der Waals surface area contributed by atoms with Crippen molar-refractivity contribution in [2.45, 2.75) is 13.5 Å². The van der Waals surface area contributed by atoms with E-state index in [0.717, 1.165) is 5.56 Å². The van der Waals surface area contributed by atoms with Crippen LogP contribution in [-0.4, -0.2) is 11.9 Å². The molecule has 4 nitrogen and oxygen atoms in total. The number of amides is 1. The molecule has 114 valence electrons. The third-order valence-corrected chi connectivity index (χ3v) is 3.48. The molecule has 1 amide bonds. The Balaban J connectivity index is 2.04. The summed E-state index contributed by atoms with van der Waals surface area (Å²) in [5.41, 5.74) is 1.45. The molecule has 0 bridgehead atoms. The SMILES string of the molecule is CC(=O)c1cc(Cl)c(NC(=O)OCc2ccccc2)c(Cl)c1. The van der Waals surface area contributed by atoms with Gasteiger partial charge in [-0.15, -0.1) is 0 Å². The van der Waals surface area contributed by atoms with Gasteiger partial charge in [-0.2, -0.15) is 0 Å². The van der Waals surface area contributed by atoms with Crippen LogP contribution in [0.3, 0.4) is 0 Å². The van der Waals surface area contributed by atoms with Crippen LogP contribution in [0.15, 0.2) is 42.5 Å². The molecule has 2 rings (SSSR count). The standard InChI is InChI=1S/C16H13Cl2NO3/c1-10(20)12-7-13(17)15(14(18)8-12)19-16(21)22-9-11-5-3-2-4-6-11/h2-8H,9H2,1H3,(H,19,21). The molecule has 1 N–H and O–H groups in total. The summed E-state index contributed by atoms with van der Waals surface area (Å²) < 4.78 is 5.09. The number of rotatable bonds is 4. The molecule has 6 heteroatoms. The van der Waals surface area contributed by atoms with E-state index >= 15 is 0 Å². The van der Waals surface area contributed by atoms with E-state index < -0.39 is 6.09 Å². The Kier molecular flexibility index (Phi) is 5.41. The van der Waals surface area contributed by atoms with E-state index in [-0.39, 0.29) is 28.1 Å². The third-order valence-electron chi connectivity index (χ3n) is 2.89. The molecule has 0 saturated carbocycles. The fourth-order valence-corrected chi connectivity index (χ4v) is 2.34. The predicted octanol–water partition coefficient (Wildman–Crippen LogP) is 4.94. The van der Waals surface area contributed by atoms with Crippen LogP contribution < -0.4 is 5.32 Å². The first-order valence-corrected chi connectivity index (χ1v) is 7.20. The van der Waals surface area contributed by atoms with Gasteiger partial charge in [0, 0.05) is 5.56 Å². The molecular formula is C16H13Cl2NO3. The molecule has 0 spiro atoms. The van der Waals surface area contributed by atoms with Crippen molar-refractivity contribution in [2.75, 3.05) is 5.32 Å². The van der Waals surface area contributed by atoms with Crippen LogP contribution >= 0.6 is 23.2 Å². The monoisotopic (exact) mass is 337 g/mol. The largest absolute Gasteiger partial charge is 0.444 e. The first kappa shape index (κ1) is 16.3. The lowest BCUT2D eigenvalue weighted by Gasteiger charge is -2.11. The molecule has 0 fully saturated rings. The van der Waals surface area contributed by atoms with E-state index in [9.17, 15) is 9.59 Å². The molecule has 0 aromatic heterocycles. The minimum Gasteiger partial charge on any atom is -0.444 e. The third kappa shape index (κ3) is 4.23. The smallest absolute Gasteiger partial charge is 0.412 e. The number of halogens is 2. The zero-order valence-electron chi connectivity index (χ0n) is 11.7. The van der Waals surface area contributed by atoms with Gasteiger partial charge in [0.1, 0.15) is 6.61 Å². The van der Waals surface area contributed by atoms with Gasteiger partial charge < -0.3 is 4.74 Å². The summed E-state index contributed by atoms with van der Waals surface area (Å²) in [6, 6.07) is 12.2. The van der Waals surface area contributed by atoms with E-state index in [1.54, 1.807) is 0 Å². The van der Waals surface area contributed by atoms with Gasteiger partial charge >= 0.3 is 6.09 Å². The highest BCUT2D eigenvalue weighted by Gasteiger charge is 2.14. The van der Waals surface area contributed by atoms with Crippen molar-refractivity contribution in [1.29, 1.82) is 0 Å². The van der Waals surface area contributed by atoms with Crippen molar-refractivity contribution >= 4 is 40.8 Å². The number of hydrogen-bond acceptors (Lipinski definition) is 3. The topological polar surface area (TPSA) is 55.4 Å². The first-order chi connectivity index (χ1) is 10.5. The quantitative estimate of drug-likeness (QED) is 0.803. The Bertz CT molecular complexity index is 679. The minimum absolute atomic E-state index is 0.132. The molecule has 0 atom stereocenters. The van der Waals surface area contributed by atoms with Gasteiger partial charge in [-0.3, -0.25) is 10.1 Å². The van der Waals surface area contributed by atoms with Gasteiger partial charge in [-0.05, 0) is 24.6 Å². The molecule has 0 unspecified atom stereocenters. The number of carbonyl (C=O) groups is 2.